The van der Waals surface area contributed by atoms with E-state index in [2.05, 4.69) is 38.3 Å². The number of rotatable bonds is 3. The first-order valence-electron chi connectivity index (χ1n) is 6.65. The van der Waals surface area contributed by atoms with Crippen LogP contribution in [0.15, 0.2) is 0 Å². The Hall–Kier alpha value is -1.10. The average Bonchev–Trinajstić information content (AvgIpc) is 2.10. The van der Waals surface area contributed by atoms with Crippen LogP contribution in [0.2, 0.25) is 0 Å². The molecule has 0 spiro atoms. The van der Waals surface area contributed by atoms with E-state index in [0.29, 0.717) is 0 Å². The summed E-state index contributed by atoms with van der Waals surface area (Å²) in [6.07, 6.45) is 0. The van der Waals surface area contributed by atoms with Crippen LogP contribution in [-0.2, 0) is 4.79 Å². The number of carbonyl (C=O) groups excluding carboxylic acids is 2. The zero-order valence-electron chi connectivity index (χ0n) is 13.5. The highest BCUT2D eigenvalue weighted by molar-refractivity contribution is 5.95. The van der Waals surface area contributed by atoms with Crippen LogP contribution >= 0.6 is 0 Å². The van der Waals surface area contributed by atoms with Crippen molar-refractivity contribution in [1.29, 1.82) is 0 Å². The molecule has 0 aliphatic rings. The Bertz CT molecular complexity index is 327. The average molecular weight is 271 g/mol. The van der Waals surface area contributed by atoms with E-state index in [1.54, 1.807) is 0 Å². The van der Waals surface area contributed by atoms with Crippen molar-refractivity contribution in [2.45, 2.75) is 60.0 Å². The summed E-state index contributed by atoms with van der Waals surface area (Å²) < 4.78 is 0. The van der Waals surface area contributed by atoms with Crippen molar-refractivity contribution < 1.29 is 9.59 Å². The van der Waals surface area contributed by atoms with Crippen LogP contribution in [0.25, 0.3) is 0 Å². The predicted molar refractivity (Wildman–Crippen MR) is 78.0 cm³/mol. The molecule has 1 atom stereocenters. The van der Waals surface area contributed by atoms with Gasteiger partial charge in [-0.05, 0) is 40.2 Å². The monoisotopic (exact) mass is 271 g/mol. The van der Waals surface area contributed by atoms with E-state index in [4.69, 9.17) is 0 Å². The molecule has 0 aromatic rings. The first-order valence-corrected chi connectivity index (χ1v) is 6.65. The number of nitrogens with zero attached hydrogens (tertiary/aromatic N) is 1. The highest BCUT2D eigenvalue weighted by Crippen LogP contribution is 2.22. The molecule has 0 bridgehead atoms. The van der Waals surface area contributed by atoms with E-state index in [9.17, 15) is 9.59 Å². The molecule has 5 nitrogen and oxygen atoms in total. The second kappa shape index (κ2) is 6.37. The Labute approximate surface area is 117 Å². The molecule has 3 amide bonds. The van der Waals surface area contributed by atoms with Crippen molar-refractivity contribution >= 4 is 11.9 Å². The first-order chi connectivity index (χ1) is 8.33. The van der Waals surface area contributed by atoms with E-state index in [-0.39, 0.29) is 29.4 Å². The fourth-order valence-corrected chi connectivity index (χ4v) is 1.56. The van der Waals surface area contributed by atoms with Gasteiger partial charge in [0.15, 0.2) is 0 Å². The summed E-state index contributed by atoms with van der Waals surface area (Å²) in [7, 11) is 1.89. The maximum absolute atomic E-state index is 11.8. The molecule has 0 aliphatic heterocycles. The molecule has 0 rings (SSSR count). The van der Waals surface area contributed by atoms with Gasteiger partial charge in [-0.1, -0.05) is 20.8 Å². The Kier molecular flexibility index (Phi) is 6.00. The summed E-state index contributed by atoms with van der Waals surface area (Å²) >= 11 is 0. The van der Waals surface area contributed by atoms with E-state index in [0.717, 1.165) is 0 Å². The lowest BCUT2D eigenvalue weighted by Crippen LogP contribution is -2.51. The lowest BCUT2D eigenvalue weighted by Gasteiger charge is -2.34. The van der Waals surface area contributed by atoms with Crippen molar-refractivity contribution in [3.63, 3.8) is 0 Å². The van der Waals surface area contributed by atoms with Crippen molar-refractivity contribution in [3.05, 3.63) is 0 Å². The molecule has 0 aromatic carbocycles. The van der Waals surface area contributed by atoms with Crippen LogP contribution in [0.4, 0.5) is 4.79 Å². The normalized spacial score (nSPS) is 14.2. The van der Waals surface area contributed by atoms with Gasteiger partial charge >= 0.3 is 6.03 Å². The summed E-state index contributed by atoms with van der Waals surface area (Å²) in [6, 6.07) is -0.210. The van der Waals surface area contributed by atoms with Crippen LogP contribution in [0, 0.1) is 5.41 Å². The minimum Gasteiger partial charge on any atom is -0.333 e. The zero-order chi connectivity index (χ0) is 15.4. The number of nitrogens with one attached hydrogen (secondary N) is 2. The molecule has 0 aromatic heterocycles. The van der Waals surface area contributed by atoms with E-state index < -0.39 is 6.03 Å². The minimum absolute atomic E-state index is 0.0860. The number of urea groups is 1. The molecule has 0 fully saturated rings. The first kappa shape index (κ1) is 17.9. The van der Waals surface area contributed by atoms with Gasteiger partial charge < -0.3 is 5.32 Å². The van der Waals surface area contributed by atoms with Gasteiger partial charge in [-0.2, -0.15) is 0 Å². The quantitative estimate of drug-likeness (QED) is 0.825. The molecule has 0 radical (unpaired) electrons. The Morgan fingerprint density at radius 2 is 1.58 bits per heavy atom. The van der Waals surface area contributed by atoms with E-state index >= 15 is 0 Å². The van der Waals surface area contributed by atoms with Crippen LogP contribution in [0.1, 0.15) is 48.5 Å². The molecule has 2 N–H and O–H groups in total. The molecular formula is C14H29N3O2. The molecule has 112 valence electrons. The topological polar surface area (TPSA) is 61.4 Å². The Morgan fingerprint density at radius 3 is 1.95 bits per heavy atom. The van der Waals surface area contributed by atoms with Crippen molar-refractivity contribution in [1.82, 2.24) is 15.5 Å². The van der Waals surface area contributed by atoms with E-state index in [1.165, 1.54) is 0 Å². The van der Waals surface area contributed by atoms with Crippen LogP contribution in [0.5, 0.6) is 0 Å². The van der Waals surface area contributed by atoms with Gasteiger partial charge in [0.2, 0.25) is 5.91 Å². The fourth-order valence-electron chi connectivity index (χ4n) is 1.56. The number of amides is 3. The van der Waals surface area contributed by atoms with Gasteiger partial charge in [0.25, 0.3) is 0 Å². The Morgan fingerprint density at radius 1 is 1.11 bits per heavy atom. The van der Waals surface area contributed by atoms with Crippen LogP contribution in [-0.4, -0.2) is 42.0 Å². The number of hydrogen-bond donors (Lipinski definition) is 2. The molecule has 0 unspecified atom stereocenters. The van der Waals surface area contributed by atoms with Crippen LogP contribution < -0.4 is 10.6 Å². The third-order valence-electron chi connectivity index (χ3n) is 3.05. The molecule has 0 aliphatic carbocycles. The molecule has 0 saturated carbocycles. The zero-order valence-corrected chi connectivity index (χ0v) is 13.5. The summed E-state index contributed by atoms with van der Waals surface area (Å²) in [5.74, 6) is -0.291. The lowest BCUT2D eigenvalue weighted by atomic mass is 9.87. The summed E-state index contributed by atoms with van der Waals surface area (Å²) in [5, 5.41) is 5.04. The van der Waals surface area contributed by atoms with Crippen molar-refractivity contribution in [2.24, 2.45) is 5.41 Å². The number of likely N-dealkylation sites (N-methyl/N-ethyl adjacent to an activating group) is 1. The predicted octanol–water partition coefficient (Wildman–Crippen LogP) is 1.98. The molecule has 0 saturated heterocycles. The van der Waals surface area contributed by atoms with Gasteiger partial charge in [-0.3, -0.25) is 15.0 Å². The fraction of sp³-hybridized carbons (Fsp3) is 0.857. The van der Waals surface area contributed by atoms with Gasteiger partial charge in [0.1, 0.15) is 0 Å². The van der Waals surface area contributed by atoms with Crippen molar-refractivity contribution in [3.8, 4) is 0 Å². The number of imide groups is 1. The lowest BCUT2D eigenvalue weighted by molar-refractivity contribution is -0.121. The second-order valence-corrected chi connectivity index (χ2v) is 7.21. The standard InChI is InChI=1S/C14H29N3O2/c1-10(13(2,3)4)17(8)9-11(18)15-12(19)16-14(5,6)7/h10H,9H2,1-8H3,(H2,15,16,18,19)/t10-/m1/s1. The molecular weight excluding hydrogens is 242 g/mol. The highest BCUT2D eigenvalue weighted by Gasteiger charge is 2.25. The largest absolute Gasteiger partial charge is 0.333 e. The second-order valence-electron chi connectivity index (χ2n) is 7.21. The summed E-state index contributed by atoms with van der Waals surface area (Å²) in [4.78, 5) is 25.3. The minimum atomic E-state index is -0.450. The third-order valence-corrected chi connectivity index (χ3v) is 3.05. The van der Waals surface area contributed by atoms with E-state index in [1.807, 2.05) is 32.7 Å². The van der Waals surface area contributed by atoms with Crippen molar-refractivity contribution in [2.75, 3.05) is 13.6 Å². The maximum atomic E-state index is 11.8. The Balaban J connectivity index is 4.29. The third kappa shape index (κ3) is 7.82. The van der Waals surface area contributed by atoms with Gasteiger partial charge in [0.05, 0.1) is 6.54 Å². The van der Waals surface area contributed by atoms with Crippen LogP contribution in [0.3, 0.4) is 0 Å². The number of hydrogen-bond acceptors (Lipinski definition) is 3. The highest BCUT2D eigenvalue weighted by atomic mass is 16.2. The molecule has 0 heterocycles. The van der Waals surface area contributed by atoms with Gasteiger partial charge in [-0.25, -0.2) is 4.79 Å². The summed E-state index contributed by atoms with van der Waals surface area (Å²) in [5.41, 5.74) is -0.266. The maximum Gasteiger partial charge on any atom is 0.321 e. The SMILES string of the molecule is C[C@@H](N(C)CC(=O)NC(=O)NC(C)(C)C)C(C)(C)C. The summed E-state index contributed by atoms with van der Waals surface area (Å²) in [6.45, 7) is 14.2. The van der Waals surface area contributed by atoms with Gasteiger partial charge in [0, 0.05) is 11.6 Å². The molecule has 19 heavy (non-hydrogen) atoms. The number of carbonyl (C=O) groups is 2. The van der Waals surface area contributed by atoms with Gasteiger partial charge in [-0.15, -0.1) is 0 Å². The smallest absolute Gasteiger partial charge is 0.321 e. The molecule has 5 heteroatoms.